The summed E-state index contributed by atoms with van der Waals surface area (Å²) in [6, 6.07) is 12.0. The van der Waals surface area contributed by atoms with Crippen molar-refractivity contribution < 1.29 is 59.2 Å². The number of nitrogens with zero attached hydrogens (tertiary/aromatic N) is 2. The van der Waals surface area contributed by atoms with Crippen LogP contribution in [0.15, 0.2) is 75.9 Å². The number of anilines is 1. The van der Waals surface area contributed by atoms with Crippen molar-refractivity contribution in [1.82, 2.24) is 4.58 Å². The number of carboxylic acids is 1. The average Bonchev–Trinajstić information content (AvgIpc) is 3.38. The number of fused-ring (bicyclic) bond motifs is 2. The van der Waals surface area contributed by atoms with Crippen LogP contribution in [0.2, 0.25) is 0 Å². The fourth-order valence-corrected chi connectivity index (χ4v) is 7.94. The molecular formula is C40H54N2O13S2. The highest BCUT2D eigenvalue weighted by molar-refractivity contribution is 7.86. The van der Waals surface area contributed by atoms with E-state index in [0.29, 0.717) is 95.5 Å². The van der Waals surface area contributed by atoms with E-state index in [-0.39, 0.29) is 19.3 Å². The Morgan fingerprint density at radius 2 is 1.61 bits per heavy atom. The predicted octanol–water partition coefficient (Wildman–Crippen LogP) is 4.37. The lowest BCUT2D eigenvalue weighted by Crippen LogP contribution is -2.36. The van der Waals surface area contributed by atoms with Crippen molar-refractivity contribution >= 4 is 38.0 Å². The molecule has 2 aliphatic heterocycles. The molecule has 0 spiro atoms. The van der Waals surface area contributed by atoms with Gasteiger partial charge < -0.3 is 37.9 Å². The zero-order chi connectivity index (χ0) is 41.5. The molecule has 0 amide bonds. The Balaban J connectivity index is 1.72. The van der Waals surface area contributed by atoms with Crippen LogP contribution < -0.4 is 14.8 Å². The molecule has 15 nitrogen and oxygen atoms in total. The molecule has 1 aromatic rings. The van der Waals surface area contributed by atoms with Gasteiger partial charge in [-0.1, -0.05) is 18.6 Å². The van der Waals surface area contributed by atoms with Crippen molar-refractivity contribution in [3.8, 4) is 11.3 Å². The molecule has 1 aliphatic carbocycles. The van der Waals surface area contributed by atoms with Gasteiger partial charge in [0.15, 0.2) is 13.1 Å². The van der Waals surface area contributed by atoms with E-state index in [1.165, 1.54) is 12.1 Å². The quantitative estimate of drug-likeness (QED) is 0.0691. The van der Waals surface area contributed by atoms with E-state index in [1.807, 2.05) is 54.3 Å². The van der Waals surface area contributed by atoms with E-state index in [0.717, 1.165) is 22.2 Å². The molecule has 17 heteroatoms. The number of carboxylic acid groups (broad SMARTS) is 1. The Morgan fingerprint density at radius 1 is 0.912 bits per heavy atom. The summed E-state index contributed by atoms with van der Waals surface area (Å²) in [4.78, 5) is 12.7. The molecule has 0 bridgehead atoms. The van der Waals surface area contributed by atoms with Gasteiger partial charge in [-0.05, 0) is 80.1 Å². The zero-order valence-electron chi connectivity index (χ0n) is 32.8. The van der Waals surface area contributed by atoms with Gasteiger partial charge in [-0.15, -0.1) is 0 Å². The van der Waals surface area contributed by atoms with Gasteiger partial charge in [-0.2, -0.15) is 8.42 Å². The van der Waals surface area contributed by atoms with Crippen LogP contribution in [0.5, 0.6) is 0 Å². The van der Waals surface area contributed by atoms with Crippen LogP contribution in [-0.4, -0.2) is 116 Å². The Labute approximate surface area is 335 Å². The molecule has 3 aliphatic rings. The lowest BCUT2D eigenvalue weighted by Gasteiger charge is -2.30. The van der Waals surface area contributed by atoms with Crippen LogP contribution in [0.3, 0.4) is 0 Å². The fraction of sp³-hybridized carbons (Fsp3) is 0.500. The average molecular weight is 835 g/mol. The van der Waals surface area contributed by atoms with E-state index < -0.39 is 42.3 Å². The standard InChI is InChI=1S/C40H54N2O13S2/c1-40(17-8-28-56(45,46)47)35-30-33(57(48,49)50)13-15-36(35)42(18-6-4-5-11-39(43)44)38(40)10-7-9-31-16-21-55-37-29-32(12-14-34(31)37)41(19-22-53-26-24-51-2)20-23-54-27-25-52-3/h7,9-10,12-16,21,29-30H,4-6,8,11,17-20,22-28H2,1-3H3,(H2-,43,44,45,46,47,48,49,50). The number of allylic oxidation sites excluding steroid dienone is 3. The van der Waals surface area contributed by atoms with Crippen molar-refractivity contribution in [1.29, 1.82) is 0 Å². The minimum Gasteiger partial charge on any atom is -0.744 e. The third-order valence-corrected chi connectivity index (χ3v) is 11.5. The van der Waals surface area contributed by atoms with Crippen LogP contribution in [-0.2, 0) is 49.4 Å². The molecule has 1 aromatic carbocycles. The molecule has 314 valence electrons. The van der Waals surface area contributed by atoms with Crippen molar-refractivity contribution in [2.45, 2.75) is 55.8 Å². The molecule has 2 heterocycles. The summed E-state index contributed by atoms with van der Waals surface area (Å²) < 4.78 is 99.1. The monoisotopic (exact) mass is 834 g/mol. The second-order valence-electron chi connectivity index (χ2n) is 13.9. The van der Waals surface area contributed by atoms with Crippen LogP contribution in [0.25, 0.3) is 17.4 Å². The molecule has 0 saturated heterocycles. The highest BCUT2D eigenvalue weighted by Gasteiger charge is 2.43. The summed E-state index contributed by atoms with van der Waals surface area (Å²) in [6.45, 7) is 6.47. The first-order valence-electron chi connectivity index (χ1n) is 18.8. The van der Waals surface area contributed by atoms with Crippen LogP contribution >= 0.6 is 0 Å². The van der Waals surface area contributed by atoms with Crippen molar-refractivity contribution in [3.05, 3.63) is 83.1 Å². The maximum Gasteiger partial charge on any atom is 0.303 e. The molecule has 57 heavy (non-hydrogen) atoms. The minimum absolute atomic E-state index is 0.0313. The SMILES string of the molecule is COCCOCC[N+](CCOCCOC)=c1ccc2c(/C=C/C=C3/N(CCCCCC(=O)O)c4ccc(S(=O)(=O)[O-])cc4C3(C)CCCS(=O)(=O)O)ccoc-2c1. The predicted molar refractivity (Wildman–Crippen MR) is 214 cm³/mol. The van der Waals surface area contributed by atoms with Gasteiger partial charge in [0.1, 0.15) is 29.1 Å². The Bertz CT molecular complexity index is 2100. The maximum absolute atomic E-state index is 12.1. The number of methoxy groups -OCH3 is 2. The Hall–Kier alpha value is -3.94. The van der Waals surface area contributed by atoms with E-state index >= 15 is 0 Å². The summed E-state index contributed by atoms with van der Waals surface area (Å²) in [5.41, 5.74) is 2.65. The summed E-state index contributed by atoms with van der Waals surface area (Å²) in [6.07, 6.45) is 9.25. The topological polar surface area (TPSA) is 205 Å². The van der Waals surface area contributed by atoms with Crippen molar-refractivity contribution in [2.24, 2.45) is 0 Å². The Kier molecular flexibility index (Phi) is 17.4. The first-order chi connectivity index (χ1) is 27.2. The van der Waals surface area contributed by atoms with Crippen LogP contribution in [0.4, 0.5) is 5.69 Å². The molecule has 0 radical (unpaired) electrons. The van der Waals surface area contributed by atoms with E-state index in [1.54, 1.807) is 26.5 Å². The minimum atomic E-state index is -4.81. The van der Waals surface area contributed by atoms with Gasteiger partial charge >= 0.3 is 5.97 Å². The van der Waals surface area contributed by atoms with Crippen molar-refractivity contribution in [2.75, 3.05) is 84.1 Å². The molecule has 2 N–H and O–H groups in total. The molecule has 0 aromatic heterocycles. The summed E-state index contributed by atoms with van der Waals surface area (Å²) in [5.74, 6) is -0.742. The first-order valence-corrected chi connectivity index (χ1v) is 21.9. The number of aliphatic carboxylic acids is 1. The number of hydrogen-bond donors (Lipinski definition) is 2. The number of rotatable bonds is 25. The largest absolute Gasteiger partial charge is 0.744 e. The number of hydrogen-bond acceptors (Lipinski definition) is 12. The number of ether oxygens (including phenoxy) is 4. The maximum atomic E-state index is 12.1. The lowest BCUT2D eigenvalue weighted by atomic mass is 9.77. The van der Waals surface area contributed by atoms with Crippen LogP contribution in [0.1, 0.15) is 56.6 Å². The molecule has 4 rings (SSSR count). The van der Waals surface area contributed by atoms with E-state index in [2.05, 4.69) is 4.58 Å². The smallest absolute Gasteiger partial charge is 0.303 e. The molecule has 0 fully saturated rings. The fourth-order valence-electron chi connectivity index (χ4n) is 6.93. The van der Waals surface area contributed by atoms with Gasteiger partial charge in [0.25, 0.3) is 10.1 Å². The molecule has 0 saturated carbocycles. The van der Waals surface area contributed by atoms with Gasteiger partial charge in [-0.25, -0.2) is 13.0 Å². The van der Waals surface area contributed by atoms with Gasteiger partial charge in [-0.3, -0.25) is 9.35 Å². The van der Waals surface area contributed by atoms with Crippen molar-refractivity contribution in [3.63, 3.8) is 0 Å². The van der Waals surface area contributed by atoms with E-state index in [4.69, 9.17) is 28.5 Å². The second kappa shape index (κ2) is 21.7. The number of unbranched alkanes of at least 4 members (excludes halogenated alkanes) is 2. The molecule has 1 unspecified atom stereocenters. The lowest BCUT2D eigenvalue weighted by molar-refractivity contribution is -0.137. The summed E-state index contributed by atoms with van der Waals surface area (Å²) in [7, 11) is -5.84. The van der Waals surface area contributed by atoms with E-state index in [9.17, 15) is 30.7 Å². The third kappa shape index (κ3) is 13.6. The van der Waals surface area contributed by atoms with Gasteiger partial charge in [0.05, 0.1) is 49.4 Å². The molecular weight excluding hydrogens is 781 g/mol. The first kappa shape index (κ1) is 45.8. The Morgan fingerprint density at radius 3 is 2.25 bits per heavy atom. The number of benzene rings is 2. The summed E-state index contributed by atoms with van der Waals surface area (Å²) >= 11 is 0. The zero-order valence-corrected chi connectivity index (χ0v) is 34.4. The summed E-state index contributed by atoms with van der Waals surface area (Å²) in [5, 5.41) is 10.0. The normalized spacial score (nSPS) is 16.6. The van der Waals surface area contributed by atoms with Crippen LogP contribution in [0, 0.1) is 0 Å². The number of carbonyl (C=O) groups is 1. The molecule has 1 atom stereocenters. The highest BCUT2D eigenvalue weighted by Crippen LogP contribution is 2.51. The van der Waals surface area contributed by atoms with Gasteiger partial charge in [0.2, 0.25) is 5.36 Å². The van der Waals surface area contributed by atoms with Gasteiger partial charge in [0, 0.05) is 55.6 Å². The third-order valence-electron chi connectivity index (χ3n) is 9.84. The second-order valence-corrected chi connectivity index (χ2v) is 16.8. The highest BCUT2D eigenvalue weighted by atomic mass is 32.2.